The monoisotopic (exact) mass is 355 g/mol. The van der Waals surface area contributed by atoms with Gasteiger partial charge in [-0.25, -0.2) is 8.42 Å². The maximum Gasteiger partial charge on any atom is 0.252 e. The third-order valence-corrected chi connectivity index (χ3v) is 6.14. The fourth-order valence-electron chi connectivity index (χ4n) is 2.90. The number of piperidine rings is 1. The van der Waals surface area contributed by atoms with Crippen molar-refractivity contribution in [1.29, 1.82) is 0 Å². The summed E-state index contributed by atoms with van der Waals surface area (Å²) in [6.07, 6.45) is 1.33. The zero-order chi connectivity index (χ0) is 17.3. The Morgan fingerprint density at radius 1 is 1.38 bits per heavy atom. The molecule has 3 rings (SSSR count). The second-order valence-corrected chi connectivity index (χ2v) is 7.81. The van der Waals surface area contributed by atoms with E-state index in [0.717, 1.165) is 12.8 Å². The first-order valence-corrected chi connectivity index (χ1v) is 9.24. The van der Waals surface area contributed by atoms with Crippen LogP contribution >= 0.6 is 0 Å². The van der Waals surface area contributed by atoms with Gasteiger partial charge in [-0.3, -0.25) is 5.10 Å². The number of ether oxygens (including phenoxy) is 1. The minimum Gasteiger partial charge on any atom is -0.367 e. The lowest BCUT2D eigenvalue weighted by Gasteiger charge is -2.31. The predicted molar refractivity (Wildman–Crippen MR) is 83.7 cm³/mol. The number of H-pyrrole nitrogens is 1. The van der Waals surface area contributed by atoms with E-state index < -0.39 is 10.0 Å². The standard InChI is InChI=1S/C14H21N5O4S/c1-9-14(10(2)17-16-9)24(20,21)19-6-4-5-12(7-19)22-8-13-15-11(3)18-23-13/h12H,4-8H2,1-3H3,(H,16,17)/t12-/m1/s1. The third kappa shape index (κ3) is 3.35. The number of aromatic amines is 1. The molecule has 0 unspecified atom stereocenters. The van der Waals surface area contributed by atoms with Crippen molar-refractivity contribution in [3.63, 3.8) is 0 Å². The van der Waals surface area contributed by atoms with Crippen molar-refractivity contribution in [2.45, 2.75) is 51.2 Å². The van der Waals surface area contributed by atoms with E-state index in [4.69, 9.17) is 9.26 Å². The van der Waals surface area contributed by atoms with Gasteiger partial charge in [0.05, 0.1) is 17.5 Å². The fraction of sp³-hybridized carbons (Fsp3) is 0.643. The van der Waals surface area contributed by atoms with E-state index in [2.05, 4.69) is 20.3 Å². The highest BCUT2D eigenvalue weighted by molar-refractivity contribution is 7.89. The van der Waals surface area contributed by atoms with E-state index in [0.29, 0.717) is 36.2 Å². The molecule has 10 heteroatoms. The maximum absolute atomic E-state index is 12.9. The van der Waals surface area contributed by atoms with Crippen LogP contribution in [0.5, 0.6) is 0 Å². The molecule has 0 bridgehead atoms. The van der Waals surface area contributed by atoms with Crippen molar-refractivity contribution < 1.29 is 17.7 Å². The number of aryl methyl sites for hydroxylation is 3. The molecule has 0 amide bonds. The van der Waals surface area contributed by atoms with Gasteiger partial charge in [-0.05, 0) is 33.6 Å². The van der Waals surface area contributed by atoms with Crippen LogP contribution < -0.4 is 0 Å². The number of nitrogens with zero attached hydrogens (tertiary/aromatic N) is 4. The summed E-state index contributed by atoms with van der Waals surface area (Å²) in [5.74, 6) is 0.946. The molecule has 24 heavy (non-hydrogen) atoms. The Bertz CT molecular complexity index is 793. The summed E-state index contributed by atoms with van der Waals surface area (Å²) in [7, 11) is -3.58. The second-order valence-electron chi connectivity index (χ2n) is 5.94. The minimum absolute atomic E-state index is 0.184. The lowest BCUT2D eigenvalue weighted by atomic mass is 10.1. The van der Waals surface area contributed by atoms with E-state index in [-0.39, 0.29) is 17.6 Å². The molecule has 0 spiro atoms. The first-order valence-electron chi connectivity index (χ1n) is 7.80. The molecule has 0 radical (unpaired) electrons. The SMILES string of the molecule is Cc1noc(CO[C@@H]2CCCN(S(=O)(=O)c3c(C)n[nH]c3C)C2)n1. The minimum atomic E-state index is -3.58. The quantitative estimate of drug-likeness (QED) is 0.853. The second kappa shape index (κ2) is 6.61. The van der Waals surface area contributed by atoms with E-state index >= 15 is 0 Å². The Labute approximate surface area is 140 Å². The molecule has 1 fully saturated rings. The van der Waals surface area contributed by atoms with Gasteiger partial charge < -0.3 is 9.26 Å². The molecule has 3 heterocycles. The maximum atomic E-state index is 12.9. The Morgan fingerprint density at radius 3 is 2.79 bits per heavy atom. The highest BCUT2D eigenvalue weighted by Gasteiger charge is 2.34. The molecular weight excluding hydrogens is 334 g/mol. The summed E-state index contributed by atoms with van der Waals surface area (Å²) in [4.78, 5) is 4.34. The highest BCUT2D eigenvalue weighted by atomic mass is 32.2. The van der Waals surface area contributed by atoms with Crippen LogP contribution in [0.25, 0.3) is 0 Å². The largest absolute Gasteiger partial charge is 0.367 e. The van der Waals surface area contributed by atoms with Crippen molar-refractivity contribution >= 4 is 10.0 Å². The van der Waals surface area contributed by atoms with Crippen molar-refractivity contribution in [2.75, 3.05) is 13.1 Å². The molecule has 0 saturated carbocycles. The Hall–Kier alpha value is -1.78. The van der Waals surface area contributed by atoms with Gasteiger partial charge >= 0.3 is 0 Å². The average Bonchev–Trinajstić information content (AvgIpc) is 3.11. The summed E-state index contributed by atoms with van der Waals surface area (Å²) in [5.41, 5.74) is 1.04. The van der Waals surface area contributed by atoms with Gasteiger partial charge in [-0.15, -0.1) is 0 Å². The van der Waals surface area contributed by atoms with Gasteiger partial charge in [0, 0.05) is 13.1 Å². The first-order chi connectivity index (χ1) is 11.4. The van der Waals surface area contributed by atoms with Crippen LogP contribution in [0.3, 0.4) is 0 Å². The number of hydrogen-bond donors (Lipinski definition) is 1. The van der Waals surface area contributed by atoms with Crippen molar-refractivity contribution in [3.8, 4) is 0 Å². The molecular formula is C14H21N5O4S. The summed E-state index contributed by atoms with van der Waals surface area (Å²) in [6.45, 7) is 6.10. The van der Waals surface area contributed by atoms with Crippen LogP contribution in [0.1, 0.15) is 35.9 Å². The number of hydrogen-bond acceptors (Lipinski definition) is 7. The molecule has 2 aromatic rings. The summed E-state index contributed by atoms with van der Waals surface area (Å²) in [6, 6.07) is 0. The van der Waals surface area contributed by atoms with Crippen LogP contribution in [0.2, 0.25) is 0 Å². The molecule has 0 aromatic carbocycles. The van der Waals surface area contributed by atoms with Gasteiger partial charge in [0.25, 0.3) is 5.89 Å². The third-order valence-electron chi connectivity index (χ3n) is 4.01. The highest BCUT2D eigenvalue weighted by Crippen LogP contribution is 2.25. The Morgan fingerprint density at radius 2 is 2.17 bits per heavy atom. The zero-order valence-corrected chi connectivity index (χ0v) is 14.8. The predicted octanol–water partition coefficient (Wildman–Crippen LogP) is 1.09. The van der Waals surface area contributed by atoms with Gasteiger partial charge in [0.1, 0.15) is 11.5 Å². The molecule has 1 N–H and O–H groups in total. The number of aromatic nitrogens is 4. The smallest absolute Gasteiger partial charge is 0.252 e. The first kappa shape index (κ1) is 17.1. The molecule has 2 aromatic heterocycles. The fourth-order valence-corrected chi connectivity index (χ4v) is 4.74. The number of rotatable bonds is 5. The van der Waals surface area contributed by atoms with E-state index in [1.807, 2.05) is 0 Å². The van der Waals surface area contributed by atoms with Crippen LogP contribution in [0.4, 0.5) is 0 Å². The van der Waals surface area contributed by atoms with Crippen LogP contribution in [0, 0.1) is 20.8 Å². The number of nitrogens with one attached hydrogen (secondary N) is 1. The van der Waals surface area contributed by atoms with Crippen LogP contribution in [0.15, 0.2) is 9.42 Å². The van der Waals surface area contributed by atoms with Crippen LogP contribution in [-0.4, -0.2) is 52.3 Å². The molecule has 1 atom stereocenters. The molecule has 1 aliphatic rings. The number of sulfonamides is 1. The van der Waals surface area contributed by atoms with E-state index in [9.17, 15) is 8.42 Å². The summed E-state index contributed by atoms with van der Waals surface area (Å²) in [5, 5.41) is 10.4. The van der Waals surface area contributed by atoms with Gasteiger partial charge in [-0.2, -0.15) is 14.4 Å². The molecule has 132 valence electrons. The molecule has 9 nitrogen and oxygen atoms in total. The zero-order valence-electron chi connectivity index (χ0n) is 13.9. The van der Waals surface area contributed by atoms with Crippen molar-refractivity contribution in [3.05, 3.63) is 23.1 Å². The van der Waals surface area contributed by atoms with Crippen molar-refractivity contribution in [2.24, 2.45) is 0 Å². The topological polar surface area (TPSA) is 114 Å². The summed E-state index contributed by atoms with van der Waals surface area (Å²) < 4.78 is 38.0. The van der Waals surface area contributed by atoms with Gasteiger partial charge in [-0.1, -0.05) is 5.16 Å². The molecule has 1 saturated heterocycles. The molecule has 0 aliphatic carbocycles. The summed E-state index contributed by atoms with van der Waals surface area (Å²) >= 11 is 0. The normalized spacial score (nSPS) is 19.7. The van der Waals surface area contributed by atoms with Gasteiger partial charge in [0.15, 0.2) is 5.82 Å². The van der Waals surface area contributed by atoms with E-state index in [1.54, 1.807) is 20.8 Å². The van der Waals surface area contributed by atoms with Crippen molar-refractivity contribution in [1.82, 2.24) is 24.6 Å². The van der Waals surface area contributed by atoms with Gasteiger partial charge in [0.2, 0.25) is 10.0 Å². The Kier molecular flexibility index (Phi) is 4.70. The molecule has 1 aliphatic heterocycles. The Balaban J connectivity index is 1.69. The van der Waals surface area contributed by atoms with E-state index in [1.165, 1.54) is 4.31 Å². The van der Waals surface area contributed by atoms with Crippen LogP contribution in [-0.2, 0) is 21.4 Å². The lowest BCUT2D eigenvalue weighted by Crippen LogP contribution is -2.43. The average molecular weight is 355 g/mol. The lowest BCUT2D eigenvalue weighted by molar-refractivity contribution is -0.00297.